The maximum Gasteiger partial charge on any atom is 0.303 e. The SMILES string of the molecule is CC(O)CCCC/C=C/C1CCC(Cl)[C@@H]1C/C=C\CCCC(=O)O.CO. The van der Waals surface area contributed by atoms with E-state index in [2.05, 4.69) is 24.3 Å². The molecule has 4 atom stereocenters. The van der Waals surface area contributed by atoms with Crippen molar-refractivity contribution < 1.29 is 20.1 Å². The Morgan fingerprint density at radius 1 is 1.12 bits per heavy atom. The average molecular weight is 389 g/mol. The van der Waals surface area contributed by atoms with E-state index in [9.17, 15) is 9.90 Å². The lowest BCUT2D eigenvalue weighted by Gasteiger charge is -2.17. The van der Waals surface area contributed by atoms with Gasteiger partial charge in [0.05, 0.1) is 6.10 Å². The summed E-state index contributed by atoms with van der Waals surface area (Å²) in [6.45, 7) is 1.84. The van der Waals surface area contributed by atoms with Crippen LogP contribution in [-0.2, 0) is 4.79 Å². The van der Waals surface area contributed by atoms with Crippen LogP contribution in [0.2, 0.25) is 0 Å². The Labute approximate surface area is 164 Å². The summed E-state index contributed by atoms with van der Waals surface area (Å²) in [6.07, 6.45) is 17.9. The molecule has 3 N–H and O–H groups in total. The van der Waals surface area contributed by atoms with Crippen LogP contribution in [0.15, 0.2) is 24.3 Å². The second-order valence-corrected chi connectivity index (χ2v) is 7.54. The molecule has 0 amide bonds. The van der Waals surface area contributed by atoms with Crippen molar-refractivity contribution in [1.82, 2.24) is 0 Å². The third kappa shape index (κ3) is 12.5. The number of alkyl halides is 1. The number of unbranched alkanes of at least 4 members (excludes halogenated alkanes) is 3. The summed E-state index contributed by atoms with van der Waals surface area (Å²) in [4.78, 5) is 10.5. The Bertz CT molecular complexity index is 407. The van der Waals surface area contributed by atoms with Crippen molar-refractivity contribution in [3.05, 3.63) is 24.3 Å². The van der Waals surface area contributed by atoms with Gasteiger partial charge in [-0.3, -0.25) is 4.79 Å². The number of allylic oxidation sites excluding steroid dienone is 4. The van der Waals surface area contributed by atoms with Crippen molar-refractivity contribution in [2.75, 3.05) is 7.11 Å². The van der Waals surface area contributed by atoms with Crippen molar-refractivity contribution in [2.24, 2.45) is 11.8 Å². The quantitative estimate of drug-likeness (QED) is 0.251. The Balaban J connectivity index is 0.00000301. The normalized spacial score (nSPS) is 24.0. The molecule has 152 valence electrons. The third-order valence-electron chi connectivity index (χ3n) is 4.75. The fraction of sp³-hybridized carbons (Fsp3) is 0.762. The number of carboxylic acids is 1. The molecule has 0 spiro atoms. The van der Waals surface area contributed by atoms with E-state index in [1.165, 1.54) is 0 Å². The first-order valence-electron chi connectivity index (χ1n) is 9.81. The number of aliphatic carboxylic acids is 1. The number of aliphatic hydroxyl groups is 2. The van der Waals surface area contributed by atoms with E-state index < -0.39 is 5.97 Å². The number of carbonyl (C=O) groups is 1. The topological polar surface area (TPSA) is 77.8 Å². The highest BCUT2D eigenvalue weighted by molar-refractivity contribution is 6.21. The van der Waals surface area contributed by atoms with Gasteiger partial charge in [-0.05, 0) is 70.1 Å². The molecule has 0 aliphatic heterocycles. The lowest BCUT2D eigenvalue weighted by atomic mass is 9.91. The highest BCUT2D eigenvalue weighted by atomic mass is 35.5. The Morgan fingerprint density at radius 2 is 1.81 bits per heavy atom. The van der Waals surface area contributed by atoms with Crippen molar-refractivity contribution >= 4 is 17.6 Å². The van der Waals surface area contributed by atoms with Gasteiger partial charge in [0.25, 0.3) is 0 Å². The zero-order valence-corrected chi connectivity index (χ0v) is 17.1. The third-order valence-corrected chi connectivity index (χ3v) is 5.29. The maximum atomic E-state index is 10.5. The summed E-state index contributed by atoms with van der Waals surface area (Å²) in [7, 11) is 1.00. The molecular formula is C21H37ClO4. The Morgan fingerprint density at radius 3 is 2.46 bits per heavy atom. The molecule has 0 aromatic carbocycles. The van der Waals surface area contributed by atoms with Crippen molar-refractivity contribution in [3.63, 3.8) is 0 Å². The minimum absolute atomic E-state index is 0.188. The minimum atomic E-state index is -0.723. The summed E-state index contributed by atoms with van der Waals surface area (Å²) in [5.41, 5.74) is 0. The molecule has 0 bridgehead atoms. The van der Waals surface area contributed by atoms with Crippen LogP contribution in [0.4, 0.5) is 0 Å². The second kappa shape index (κ2) is 16.3. The van der Waals surface area contributed by atoms with Crippen molar-refractivity contribution in [1.29, 1.82) is 0 Å². The smallest absolute Gasteiger partial charge is 0.303 e. The van der Waals surface area contributed by atoms with Crippen LogP contribution in [0, 0.1) is 11.8 Å². The average Bonchev–Trinajstić information content (AvgIpc) is 2.95. The number of halogens is 1. The van der Waals surface area contributed by atoms with Crippen LogP contribution >= 0.6 is 11.6 Å². The molecule has 1 aliphatic rings. The first kappa shape index (κ1) is 25.2. The molecule has 5 heteroatoms. The zero-order valence-electron chi connectivity index (χ0n) is 16.3. The van der Waals surface area contributed by atoms with Gasteiger partial charge in [-0.25, -0.2) is 0 Å². The Kier molecular flexibility index (Phi) is 15.8. The predicted octanol–water partition coefficient (Wildman–Crippen LogP) is 4.93. The molecule has 1 aliphatic carbocycles. The zero-order chi connectivity index (χ0) is 19.8. The van der Waals surface area contributed by atoms with Crippen LogP contribution in [0.25, 0.3) is 0 Å². The van der Waals surface area contributed by atoms with Gasteiger partial charge in [0.2, 0.25) is 0 Å². The highest BCUT2D eigenvalue weighted by Gasteiger charge is 2.32. The van der Waals surface area contributed by atoms with E-state index in [-0.39, 0.29) is 17.9 Å². The molecule has 1 rings (SSSR count). The van der Waals surface area contributed by atoms with E-state index in [1.807, 2.05) is 6.92 Å². The number of hydrogen-bond donors (Lipinski definition) is 3. The molecule has 1 fully saturated rings. The fourth-order valence-corrected chi connectivity index (χ4v) is 3.74. The monoisotopic (exact) mass is 388 g/mol. The predicted molar refractivity (Wildman–Crippen MR) is 109 cm³/mol. The largest absolute Gasteiger partial charge is 0.481 e. The van der Waals surface area contributed by atoms with Crippen LogP contribution in [0.1, 0.15) is 71.1 Å². The molecule has 0 aromatic heterocycles. The number of rotatable bonds is 12. The molecule has 4 nitrogen and oxygen atoms in total. The van der Waals surface area contributed by atoms with Crippen LogP contribution in [-0.4, -0.2) is 39.9 Å². The summed E-state index contributed by atoms with van der Waals surface area (Å²) < 4.78 is 0. The molecule has 0 radical (unpaired) electrons. The first-order chi connectivity index (χ1) is 12.5. The van der Waals surface area contributed by atoms with Gasteiger partial charge in [-0.1, -0.05) is 30.7 Å². The van der Waals surface area contributed by atoms with Crippen LogP contribution in [0.5, 0.6) is 0 Å². The molecule has 3 unspecified atom stereocenters. The number of hydrogen-bond acceptors (Lipinski definition) is 3. The number of carboxylic acid groups (broad SMARTS) is 1. The number of aliphatic hydroxyl groups excluding tert-OH is 2. The summed E-state index contributed by atoms with van der Waals surface area (Å²) >= 11 is 6.48. The molecule has 0 heterocycles. The lowest BCUT2D eigenvalue weighted by Crippen LogP contribution is -2.12. The van der Waals surface area contributed by atoms with E-state index >= 15 is 0 Å². The van der Waals surface area contributed by atoms with Gasteiger partial charge in [-0.15, -0.1) is 11.6 Å². The van der Waals surface area contributed by atoms with Crippen LogP contribution < -0.4 is 0 Å². The van der Waals surface area contributed by atoms with Gasteiger partial charge >= 0.3 is 5.97 Å². The molecular weight excluding hydrogens is 352 g/mol. The van der Waals surface area contributed by atoms with Gasteiger partial charge in [0.1, 0.15) is 0 Å². The van der Waals surface area contributed by atoms with Gasteiger partial charge in [0, 0.05) is 18.9 Å². The fourth-order valence-electron chi connectivity index (χ4n) is 3.32. The van der Waals surface area contributed by atoms with E-state index in [1.54, 1.807) is 0 Å². The highest BCUT2D eigenvalue weighted by Crippen LogP contribution is 2.39. The standard InChI is InChI=1S/C20H33ClO3.CH4O/c1-16(22)10-6-2-3-7-11-17-14-15-19(21)18(17)12-8-4-5-9-13-20(23)24;1-2/h4,7-8,11,16-19,22H,2-3,5-6,9-10,12-15H2,1H3,(H,23,24);2H,1H3/b8-4-,11-7+;/t16?,17?,18-,19?;/m1./s1. The summed E-state index contributed by atoms with van der Waals surface area (Å²) in [5, 5.41) is 25.1. The molecule has 0 aromatic rings. The molecule has 0 saturated heterocycles. The van der Waals surface area contributed by atoms with E-state index in [0.717, 1.165) is 58.5 Å². The van der Waals surface area contributed by atoms with Crippen molar-refractivity contribution in [3.8, 4) is 0 Å². The van der Waals surface area contributed by atoms with Gasteiger partial charge in [0.15, 0.2) is 0 Å². The molecule has 1 saturated carbocycles. The van der Waals surface area contributed by atoms with E-state index in [0.29, 0.717) is 18.3 Å². The molecule has 26 heavy (non-hydrogen) atoms. The summed E-state index contributed by atoms with van der Waals surface area (Å²) in [6, 6.07) is 0. The summed E-state index contributed by atoms with van der Waals surface area (Å²) in [5.74, 6) is 0.336. The minimum Gasteiger partial charge on any atom is -0.481 e. The first-order valence-corrected chi connectivity index (χ1v) is 10.2. The lowest BCUT2D eigenvalue weighted by molar-refractivity contribution is -0.137. The maximum absolute atomic E-state index is 10.5. The van der Waals surface area contributed by atoms with Crippen LogP contribution in [0.3, 0.4) is 0 Å². The Hall–Kier alpha value is -0.840. The van der Waals surface area contributed by atoms with E-state index in [4.69, 9.17) is 21.8 Å². The van der Waals surface area contributed by atoms with Crippen molar-refractivity contribution in [2.45, 2.75) is 82.6 Å². The second-order valence-electron chi connectivity index (χ2n) is 6.98. The van der Waals surface area contributed by atoms with Gasteiger partial charge < -0.3 is 15.3 Å². The van der Waals surface area contributed by atoms with Gasteiger partial charge in [-0.2, -0.15) is 0 Å².